The number of ether oxygens (including phenoxy) is 2. The van der Waals surface area contributed by atoms with E-state index < -0.39 is 0 Å². The Morgan fingerprint density at radius 3 is 2.73 bits per heavy atom. The van der Waals surface area contributed by atoms with Gasteiger partial charge in [0.05, 0.1) is 13.4 Å². The Morgan fingerprint density at radius 1 is 1.36 bits per heavy atom. The molecule has 58 valence electrons. The largest absolute Gasteiger partial charge is 0.497 e. The Kier molecular flexibility index (Phi) is 2.55. The number of hydrogen-bond acceptors (Lipinski definition) is 2. The molecular weight excluding hydrogens is 140 g/mol. The molecule has 2 nitrogen and oxygen atoms in total. The van der Waals surface area contributed by atoms with Gasteiger partial charge < -0.3 is 9.47 Å². The van der Waals surface area contributed by atoms with E-state index in [-0.39, 0.29) is 0 Å². The molecule has 0 aliphatic heterocycles. The van der Waals surface area contributed by atoms with Crippen molar-refractivity contribution in [1.29, 1.82) is 0 Å². The van der Waals surface area contributed by atoms with Crippen LogP contribution in [0, 0.1) is 0 Å². The van der Waals surface area contributed by atoms with E-state index in [1.165, 1.54) is 6.26 Å². The number of rotatable bonds is 3. The van der Waals surface area contributed by atoms with Gasteiger partial charge in [-0.15, -0.1) is 0 Å². The van der Waals surface area contributed by atoms with Crippen LogP contribution < -0.4 is 9.47 Å². The molecule has 0 aromatic heterocycles. The normalized spacial score (nSPS) is 8.82. The third-order valence-corrected chi connectivity index (χ3v) is 1.26. The molecule has 0 spiro atoms. The van der Waals surface area contributed by atoms with Gasteiger partial charge in [0, 0.05) is 6.07 Å². The van der Waals surface area contributed by atoms with Crippen molar-refractivity contribution in [2.75, 3.05) is 7.11 Å². The standard InChI is InChI=1S/C9H10O2/c1-3-11-9-6-4-5-8(7-9)10-2/h3-7H,1H2,2H3. The van der Waals surface area contributed by atoms with Crippen LogP contribution in [0.1, 0.15) is 0 Å². The van der Waals surface area contributed by atoms with E-state index in [1.807, 2.05) is 18.2 Å². The fraction of sp³-hybridized carbons (Fsp3) is 0.111. The summed E-state index contributed by atoms with van der Waals surface area (Å²) in [4.78, 5) is 0. The van der Waals surface area contributed by atoms with Crippen LogP contribution in [-0.4, -0.2) is 7.11 Å². The van der Waals surface area contributed by atoms with Gasteiger partial charge in [-0.2, -0.15) is 0 Å². The predicted octanol–water partition coefficient (Wildman–Crippen LogP) is 2.22. The predicted molar refractivity (Wildman–Crippen MR) is 43.8 cm³/mol. The van der Waals surface area contributed by atoms with Gasteiger partial charge >= 0.3 is 0 Å². The van der Waals surface area contributed by atoms with Gasteiger partial charge in [-0.3, -0.25) is 0 Å². The lowest BCUT2D eigenvalue weighted by Crippen LogP contribution is -1.84. The minimum absolute atomic E-state index is 0.736. The van der Waals surface area contributed by atoms with Crippen molar-refractivity contribution < 1.29 is 9.47 Å². The van der Waals surface area contributed by atoms with E-state index >= 15 is 0 Å². The first kappa shape index (κ1) is 7.66. The van der Waals surface area contributed by atoms with Gasteiger partial charge in [0.2, 0.25) is 0 Å². The smallest absolute Gasteiger partial charge is 0.130 e. The molecule has 0 atom stereocenters. The Hall–Kier alpha value is -1.44. The summed E-state index contributed by atoms with van der Waals surface area (Å²) in [6, 6.07) is 7.35. The number of benzene rings is 1. The second-order valence-electron chi connectivity index (χ2n) is 1.96. The van der Waals surface area contributed by atoms with Crippen molar-refractivity contribution in [2.45, 2.75) is 0 Å². The minimum atomic E-state index is 0.736. The zero-order valence-electron chi connectivity index (χ0n) is 6.41. The van der Waals surface area contributed by atoms with Crippen molar-refractivity contribution >= 4 is 0 Å². The van der Waals surface area contributed by atoms with Crippen LogP contribution in [0.4, 0.5) is 0 Å². The Labute approximate surface area is 66.1 Å². The molecule has 1 aromatic rings. The van der Waals surface area contributed by atoms with E-state index in [0.717, 1.165) is 11.5 Å². The molecule has 0 N–H and O–H groups in total. The van der Waals surface area contributed by atoms with Crippen molar-refractivity contribution in [3.05, 3.63) is 37.1 Å². The molecule has 0 saturated carbocycles. The maximum Gasteiger partial charge on any atom is 0.130 e. The van der Waals surface area contributed by atoms with Gasteiger partial charge in [0.15, 0.2) is 0 Å². The Bertz CT molecular complexity index is 243. The summed E-state index contributed by atoms with van der Waals surface area (Å²) in [5.41, 5.74) is 0. The van der Waals surface area contributed by atoms with Crippen molar-refractivity contribution in [3.63, 3.8) is 0 Å². The summed E-state index contributed by atoms with van der Waals surface area (Å²) in [7, 11) is 1.62. The third-order valence-electron chi connectivity index (χ3n) is 1.26. The summed E-state index contributed by atoms with van der Waals surface area (Å²) >= 11 is 0. The average Bonchev–Trinajstić information content (AvgIpc) is 2.06. The fourth-order valence-electron chi connectivity index (χ4n) is 0.771. The lowest BCUT2D eigenvalue weighted by Gasteiger charge is -2.01. The zero-order chi connectivity index (χ0) is 8.10. The first-order valence-corrected chi connectivity index (χ1v) is 3.28. The molecule has 1 rings (SSSR count). The lowest BCUT2D eigenvalue weighted by molar-refractivity contribution is 0.409. The van der Waals surface area contributed by atoms with Crippen LogP contribution >= 0.6 is 0 Å². The molecule has 0 bridgehead atoms. The SMILES string of the molecule is C=COc1cccc(OC)c1. The van der Waals surface area contributed by atoms with Crippen LogP contribution in [-0.2, 0) is 0 Å². The van der Waals surface area contributed by atoms with Crippen molar-refractivity contribution in [1.82, 2.24) is 0 Å². The summed E-state index contributed by atoms with van der Waals surface area (Å²) < 4.78 is 10.0. The van der Waals surface area contributed by atoms with Crippen LogP contribution in [0.3, 0.4) is 0 Å². The fourth-order valence-corrected chi connectivity index (χ4v) is 0.771. The van der Waals surface area contributed by atoms with Crippen LogP contribution in [0.5, 0.6) is 11.5 Å². The average molecular weight is 150 g/mol. The summed E-state index contributed by atoms with van der Waals surface area (Å²) in [6.45, 7) is 3.45. The number of hydrogen-bond donors (Lipinski definition) is 0. The van der Waals surface area contributed by atoms with E-state index in [4.69, 9.17) is 9.47 Å². The van der Waals surface area contributed by atoms with Crippen LogP contribution in [0.2, 0.25) is 0 Å². The maximum atomic E-state index is 5.03. The van der Waals surface area contributed by atoms with Gasteiger partial charge in [-0.05, 0) is 12.1 Å². The third kappa shape index (κ3) is 2.00. The molecule has 0 aliphatic carbocycles. The maximum absolute atomic E-state index is 5.03. The number of methoxy groups -OCH3 is 1. The van der Waals surface area contributed by atoms with E-state index in [1.54, 1.807) is 13.2 Å². The molecule has 0 saturated heterocycles. The molecule has 0 unspecified atom stereocenters. The van der Waals surface area contributed by atoms with Crippen molar-refractivity contribution in [3.8, 4) is 11.5 Å². The highest BCUT2D eigenvalue weighted by molar-refractivity contribution is 5.33. The molecule has 2 heteroatoms. The van der Waals surface area contributed by atoms with Gasteiger partial charge in [-0.1, -0.05) is 12.6 Å². The van der Waals surface area contributed by atoms with Crippen LogP contribution in [0.25, 0.3) is 0 Å². The zero-order valence-corrected chi connectivity index (χ0v) is 6.41. The lowest BCUT2D eigenvalue weighted by atomic mass is 10.3. The molecule has 0 fully saturated rings. The summed E-state index contributed by atoms with van der Waals surface area (Å²) in [6.07, 6.45) is 1.38. The van der Waals surface area contributed by atoms with Gasteiger partial charge in [0.1, 0.15) is 11.5 Å². The van der Waals surface area contributed by atoms with E-state index in [2.05, 4.69) is 6.58 Å². The first-order chi connectivity index (χ1) is 5.36. The van der Waals surface area contributed by atoms with Crippen molar-refractivity contribution in [2.24, 2.45) is 0 Å². The molecule has 11 heavy (non-hydrogen) atoms. The molecule has 1 aromatic carbocycles. The summed E-state index contributed by atoms with van der Waals surface area (Å²) in [5, 5.41) is 0. The highest BCUT2D eigenvalue weighted by Crippen LogP contribution is 2.18. The highest BCUT2D eigenvalue weighted by Gasteiger charge is 1.92. The second kappa shape index (κ2) is 3.66. The molecule has 0 amide bonds. The first-order valence-electron chi connectivity index (χ1n) is 3.28. The quantitative estimate of drug-likeness (QED) is 0.615. The molecule has 0 radical (unpaired) electrons. The minimum Gasteiger partial charge on any atom is -0.497 e. The molecule has 0 aliphatic rings. The second-order valence-corrected chi connectivity index (χ2v) is 1.96. The Morgan fingerprint density at radius 2 is 2.09 bits per heavy atom. The Balaban J connectivity index is 2.82. The van der Waals surface area contributed by atoms with E-state index in [9.17, 15) is 0 Å². The van der Waals surface area contributed by atoms with E-state index in [0.29, 0.717) is 0 Å². The van der Waals surface area contributed by atoms with Crippen LogP contribution in [0.15, 0.2) is 37.1 Å². The summed E-state index contributed by atoms with van der Waals surface area (Å²) in [5.74, 6) is 1.52. The monoisotopic (exact) mass is 150 g/mol. The van der Waals surface area contributed by atoms with Gasteiger partial charge in [0.25, 0.3) is 0 Å². The highest BCUT2D eigenvalue weighted by atomic mass is 16.5. The van der Waals surface area contributed by atoms with Gasteiger partial charge in [-0.25, -0.2) is 0 Å². The topological polar surface area (TPSA) is 18.5 Å². The molecule has 0 heterocycles. The molecular formula is C9H10O2.